The zero-order valence-corrected chi connectivity index (χ0v) is 30.1. The van der Waals surface area contributed by atoms with Crippen molar-refractivity contribution in [3.8, 4) is 16.9 Å². The quantitative estimate of drug-likeness (QED) is 0.193. The van der Waals surface area contributed by atoms with Gasteiger partial charge in [-0.1, -0.05) is 41.9 Å². The SMILES string of the molecule is Cc1c2c(nn1C)CSCc1cc(n(C(C)C)n1)CSc1cc(c3ccccc3c1)OCCCc1c(C(=O)O)n(C)c3c-2c(Cl)ccc13. The summed E-state index contributed by atoms with van der Waals surface area (Å²) in [6.07, 6.45) is 1.19. The molecule has 4 heterocycles. The number of hydrogen-bond donors (Lipinski definition) is 1. The summed E-state index contributed by atoms with van der Waals surface area (Å²) in [6, 6.07) is 18.9. The first kappa shape index (κ1) is 32.7. The molecule has 1 aliphatic rings. The Morgan fingerprint density at radius 3 is 2.60 bits per heavy atom. The van der Waals surface area contributed by atoms with Crippen molar-refractivity contribution < 1.29 is 14.6 Å². The zero-order valence-electron chi connectivity index (χ0n) is 27.7. The summed E-state index contributed by atoms with van der Waals surface area (Å²) in [4.78, 5) is 13.9. The lowest BCUT2D eigenvalue weighted by Crippen LogP contribution is -2.09. The lowest BCUT2D eigenvalue weighted by molar-refractivity contribution is 0.0685. The fourth-order valence-corrected chi connectivity index (χ4v) is 8.90. The number of rotatable bonds is 2. The van der Waals surface area contributed by atoms with Gasteiger partial charge in [0, 0.05) is 75.6 Å². The summed E-state index contributed by atoms with van der Waals surface area (Å²) >= 11 is 10.6. The van der Waals surface area contributed by atoms with Crippen molar-refractivity contribution in [1.29, 1.82) is 0 Å². The summed E-state index contributed by atoms with van der Waals surface area (Å²) < 4.78 is 12.3. The highest BCUT2D eigenvalue weighted by atomic mass is 35.5. The third-order valence-corrected chi connectivity index (χ3v) is 11.4. The molecular weight excluding hydrogens is 662 g/mol. The Bertz CT molecular complexity index is 2200. The van der Waals surface area contributed by atoms with E-state index in [1.807, 2.05) is 43.9 Å². The molecule has 0 atom stereocenters. The number of carboxylic acid groups (broad SMARTS) is 1. The van der Waals surface area contributed by atoms with Crippen LogP contribution in [-0.4, -0.2) is 41.8 Å². The molecule has 8 nitrogen and oxygen atoms in total. The van der Waals surface area contributed by atoms with Gasteiger partial charge in [-0.2, -0.15) is 10.2 Å². The van der Waals surface area contributed by atoms with Crippen molar-refractivity contribution in [3.63, 3.8) is 0 Å². The molecule has 3 aromatic carbocycles. The van der Waals surface area contributed by atoms with E-state index in [4.69, 9.17) is 26.5 Å². The average molecular weight is 700 g/mol. The van der Waals surface area contributed by atoms with E-state index in [1.165, 1.54) is 5.69 Å². The van der Waals surface area contributed by atoms with Crippen molar-refractivity contribution in [2.45, 2.75) is 61.8 Å². The normalized spacial score (nSPS) is 14.3. The highest BCUT2D eigenvalue weighted by Crippen LogP contribution is 2.43. The second-order valence-electron chi connectivity index (χ2n) is 12.6. The lowest BCUT2D eigenvalue weighted by atomic mass is 9.98. The van der Waals surface area contributed by atoms with Gasteiger partial charge in [-0.3, -0.25) is 9.36 Å². The van der Waals surface area contributed by atoms with E-state index in [2.05, 4.69) is 54.9 Å². The van der Waals surface area contributed by atoms with Gasteiger partial charge in [0.25, 0.3) is 0 Å². The number of ether oxygens (including phenoxy) is 1. The molecule has 0 saturated carbocycles. The van der Waals surface area contributed by atoms with E-state index < -0.39 is 5.97 Å². The first-order valence-electron chi connectivity index (χ1n) is 16.1. The van der Waals surface area contributed by atoms with Crippen LogP contribution >= 0.6 is 35.1 Å². The zero-order chi connectivity index (χ0) is 33.7. The van der Waals surface area contributed by atoms with Gasteiger partial charge in [0.05, 0.1) is 28.5 Å². The van der Waals surface area contributed by atoms with Crippen molar-refractivity contribution in [2.24, 2.45) is 14.1 Å². The Morgan fingerprint density at radius 2 is 1.81 bits per heavy atom. The van der Waals surface area contributed by atoms with Gasteiger partial charge >= 0.3 is 5.97 Å². The van der Waals surface area contributed by atoms with Crippen LogP contribution in [0.3, 0.4) is 0 Å². The molecule has 1 N–H and O–H groups in total. The predicted molar refractivity (Wildman–Crippen MR) is 197 cm³/mol. The predicted octanol–water partition coefficient (Wildman–Crippen LogP) is 9.22. The number of fused-ring (bicyclic) bond motifs is 8. The number of aromatic carboxylic acids is 1. The topological polar surface area (TPSA) is 87.1 Å². The Labute approximate surface area is 293 Å². The van der Waals surface area contributed by atoms with E-state index in [1.54, 1.807) is 28.1 Å². The molecule has 0 unspecified atom stereocenters. The number of halogens is 1. The second-order valence-corrected chi connectivity index (χ2v) is 15.0. The summed E-state index contributed by atoms with van der Waals surface area (Å²) in [6.45, 7) is 6.82. The molecule has 0 spiro atoms. The number of carbonyl (C=O) groups is 1. The van der Waals surface area contributed by atoms with E-state index in [0.717, 1.165) is 77.6 Å². The molecule has 8 bridgehead atoms. The van der Waals surface area contributed by atoms with Crippen LogP contribution in [0.25, 0.3) is 32.8 Å². The van der Waals surface area contributed by atoms with Crippen molar-refractivity contribution in [3.05, 3.63) is 93.7 Å². The molecule has 0 amide bonds. The van der Waals surface area contributed by atoms with Crippen LogP contribution in [0, 0.1) is 6.92 Å². The van der Waals surface area contributed by atoms with Crippen LogP contribution in [0.2, 0.25) is 5.02 Å². The third kappa shape index (κ3) is 5.88. The highest BCUT2D eigenvalue weighted by Gasteiger charge is 2.27. The molecule has 11 heteroatoms. The number of aryl methyl sites for hydroxylation is 3. The molecule has 3 aromatic heterocycles. The van der Waals surface area contributed by atoms with Crippen LogP contribution in [0.4, 0.5) is 0 Å². The molecule has 1 aliphatic heterocycles. The van der Waals surface area contributed by atoms with Gasteiger partial charge in [0.15, 0.2) is 0 Å². The van der Waals surface area contributed by atoms with Gasteiger partial charge in [0.2, 0.25) is 0 Å². The first-order valence-corrected chi connectivity index (χ1v) is 18.6. The van der Waals surface area contributed by atoms with Crippen molar-refractivity contribution >= 4 is 62.8 Å². The minimum absolute atomic E-state index is 0.235. The highest BCUT2D eigenvalue weighted by molar-refractivity contribution is 7.98. The smallest absolute Gasteiger partial charge is 0.352 e. The van der Waals surface area contributed by atoms with E-state index in [0.29, 0.717) is 30.2 Å². The van der Waals surface area contributed by atoms with Crippen LogP contribution in [0.5, 0.6) is 5.75 Å². The van der Waals surface area contributed by atoms with Gasteiger partial charge < -0.3 is 14.4 Å². The van der Waals surface area contributed by atoms with Crippen molar-refractivity contribution in [2.75, 3.05) is 6.61 Å². The van der Waals surface area contributed by atoms with E-state index in [9.17, 15) is 9.90 Å². The largest absolute Gasteiger partial charge is 0.493 e. The van der Waals surface area contributed by atoms with E-state index in [-0.39, 0.29) is 11.7 Å². The van der Waals surface area contributed by atoms with Crippen LogP contribution in [-0.2, 0) is 37.8 Å². The number of thioether (sulfide) groups is 2. The molecular formula is C37H38ClN5O3S2. The monoisotopic (exact) mass is 699 g/mol. The number of aromatic nitrogens is 5. The Kier molecular flexibility index (Phi) is 9.00. The fraction of sp³-hybridized carbons (Fsp3) is 0.324. The summed E-state index contributed by atoms with van der Waals surface area (Å²) in [5, 5.41) is 24.0. The first-order chi connectivity index (χ1) is 23.1. The minimum Gasteiger partial charge on any atom is -0.493 e. The number of hydrogen-bond acceptors (Lipinski definition) is 6. The molecule has 0 aliphatic carbocycles. The standard InChI is InChI=1S/C37H38ClN5O3S2/c1-21(2)43-25-16-24(39-43)18-47-20-31-33(22(3)42(5)40-31)34-30(38)13-12-29-28(36(37(44)45)41(4)35(29)34)11-8-14-46-32-17-26(48-19-25)15-23-9-6-7-10-27(23)32/h6-7,9-10,12-13,15-17,21H,8,11,14,18-20H2,1-5H3,(H,44,45). The Hall–Kier alpha value is -3.86. The number of benzene rings is 3. The van der Waals surface area contributed by atoms with Gasteiger partial charge in [-0.25, -0.2) is 4.79 Å². The lowest BCUT2D eigenvalue weighted by Gasteiger charge is -2.13. The third-order valence-electron chi connectivity index (χ3n) is 9.12. The molecule has 0 radical (unpaired) electrons. The fourth-order valence-electron chi connectivity index (χ4n) is 6.87. The summed E-state index contributed by atoms with van der Waals surface area (Å²) in [7, 11) is 3.76. The molecule has 7 rings (SSSR count). The van der Waals surface area contributed by atoms with Crippen LogP contribution < -0.4 is 4.74 Å². The van der Waals surface area contributed by atoms with Gasteiger partial charge in [-0.05, 0) is 68.8 Å². The molecule has 48 heavy (non-hydrogen) atoms. The number of carboxylic acids is 1. The van der Waals surface area contributed by atoms with E-state index >= 15 is 0 Å². The van der Waals surface area contributed by atoms with Gasteiger partial charge in [-0.15, -0.1) is 23.5 Å². The number of nitrogens with zero attached hydrogens (tertiary/aromatic N) is 5. The van der Waals surface area contributed by atoms with Crippen LogP contribution in [0.15, 0.2) is 59.5 Å². The molecule has 6 aromatic rings. The molecule has 248 valence electrons. The Balaban J connectivity index is 1.37. The van der Waals surface area contributed by atoms with Gasteiger partial charge in [0.1, 0.15) is 11.4 Å². The summed E-state index contributed by atoms with van der Waals surface area (Å²) in [5.74, 6) is 2.04. The molecule has 0 fully saturated rings. The minimum atomic E-state index is -0.962. The maximum absolute atomic E-state index is 12.8. The maximum Gasteiger partial charge on any atom is 0.352 e. The van der Waals surface area contributed by atoms with Crippen LogP contribution in [0.1, 0.15) is 65.1 Å². The summed E-state index contributed by atoms with van der Waals surface area (Å²) in [5.41, 5.74) is 7.75. The second kappa shape index (κ2) is 13.2. The van der Waals surface area contributed by atoms with Crippen molar-refractivity contribution in [1.82, 2.24) is 24.1 Å². The maximum atomic E-state index is 12.8. The molecule has 0 saturated heterocycles. The Morgan fingerprint density at radius 1 is 1.00 bits per heavy atom. The average Bonchev–Trinajstić information content (AvgIpc) is 3.69.